The Hall–Kier alpha value is -0.300. The molecule has 1 aliphatic carbocycles. The third kappa shape index (κ3) is 2.66. The lowest BCUT2D eigenvalue weighted by atomic mass is 10.0. The molecule has 0 aromatic heterocycles. The van der Waals surface area contributed by atoms with Crippen molar-refractivity contribution in [2.24, 2.45) is 5.92 Å². The van der Waals surface area contributed by atoms with Gasteiger partial charge in [-0.25, -0.2) is 0 Å². The fourth-order valence-corrected chi connectivity index (χ4v) is 1.47. The van der Waals surface area contributed by atoms with E-state index >= 15 is 0 Å². The minimum atomic E-state index is -0.117. The molecule has 0 bridgehead atoms. The van der Waals surface area contributed by atoms with Crippen molar-refractivity contribution >= 4 is 0 Å². The van der Waals surface area contributed by atoms with Crippen LogP contribution in [0.15, 0.2) is 11.6 Å². The molecule has 0 aromatic rings. The largest absolute Gasteiger partial charge is 0.389 e. The van der Waals surface area contributed by atoms with E-state index in [-0.39, 0.29) is 6.10 Å². The van der Waals surface area contributed by atoms with E-state index in [1.165, 1.54) is 12.0 Å². The molecule has 0 aliphatic heterocycles. The van der Waals surface area contributed by atoms with Crippen LogP contribution in [0.3, 0.4) is 0 Å². The molecule has 1 aliphatic rings. The van der Waals surface area contributed by atoms with Crippen molar-refractivity contribution in [2.45, 2.75) is 45.6 Å². The van der Waals surface area contributed by atoms with Crippen molar-refractivity contribution in [3.8, 4) is 0 Å². The number of rotatable bonds is 3. The van der Waals surface area contributed by atoms with E-state index in [2.05, 4.69) is 19.9 Å². The van der Waals surface area contributed by atoms with E-state index in [4.69, 9.17) is 0 Å². The van der Waals surface area contributed by atoms with Crippen molar-refractivity contribution in [1.82, 2.24) is 0 Å². The lowest BCUT2D eigenvalue weighted by Gasteiger charge is -2.09. The number of allylic oxidation sites excluding steroid dienone is 1. The van der Waals surface area contributed by atoms with Gasteiger partial charge in [0, 0.05) is 0 Å². The van der Waals surface area contributed by atoms with Crippen LogP contribution >= 0.6 is 0 Å². The second-order valence-electron chi connectivity index (χ2n) is 3.80. The van der Waals surface area contributed by atoms with Crippen molar-refractivity contribution in [2.75, 3.05) is 0 Å². The maximum absolute atomic E-state index is 9.43. The Kier molecular flexibility index (Phi) is 3.13. The molecule has 0 saturated carbocycles. The van der Waals surface area contributed by atoms with Crippen molar-refractivity contribution in [3.63, 3.8) is 0 Å². The summed E-state index contributed by atoms with van der Waals surface area (Å²) in [4.78, 5) is 0. The Labute approximate surface area is 69.1 Å². The molecule has 0 amide bonds. The van der Waals surface area contributed by atoms with E-state index < -0.39 is 0 Å². The lowest BCUT2D eigenvalue weighted by molar-refractivity contribution is 0.206. The molecule has 0 saturated heterocycles. The zero-order chi connectivity index (χ0) is 8.27. The lowest BCUT2D eigenvalue weighted by Crippen LogP contribution is -2.05. The molecule has 11 heavy (non-hydrogen) atoms. The summed E-state index contributed by atoms with van der Waals surface area (Å²) >= 11 is 0. The highest BCUT2D eigenvalue weighted by Gasteiger charge is 2.15. The SMILES string of the molecule is CC(C)CCC1=CCC[C@@H]1O. The zero-order valence-electron chi connectivity index (χ0n) is 7.51. The average Bonchev–Trinajstić information content (AvgIpc) is 2.31. The van der Waals surface area contributed by atoms with Crippen LogP contribution in [0.2, 0.25) is 0 Å². The topological polar surface area (TPSA) is 20.2 Å². The van der Waals surface area contributed by atoms with E-state index in [0.717, 1.165) is 25.2 Å². The minimum Gasteiger partial charge on any atom is -0.389 e. The van der Waals surface area contributed by atoms with Crippen LogP contribution in [0.4, 0.5) is 0 Å². The zero-order valence-corrected chi connectivity index (χ0v) is 7.51. The van der Waals surface area contributed by atoms with Gasteiger partial charge in [0.15, 0.2) is 0 Å². The Morgan fingerprint density at radius 3 is 2.82 bits per heavy atom. The number of aliphatic hydroxyl groups excluding tert-OH is 1. The van der Waals surface area contributed by atoms with Crippen LogP contribution < -0.4 is 0 Å². The monoisotopic (exact) mass is 154 g/mol. The van der Waals surface area contributed by atoms with E-state index in [1.54, 1.807) is 0 Å². The maximum Gasteiger partial charge on any atom is 0.0753 e. The van der Waals surface area contributed by atoms with Gasteiger partial charge < -0.3 is 5.11 Å². The number of hydrogen-bond donors (Lipinski definition) is 1. The number of aliphatic hydroxyl groups is 1. The molecule has 1 rings (SSSR count). The van der Waals surface area contributed by atoms with Gasteiger partial charge in [0.25, 0.3) is 0 Å². The van der Waals surface area contributed by atoms with Crippen molar-refractivity contribution in [1.29, 1.82) is 0 Å². The highest BCUT2D eigenvalue weighted by molar-refractivity contribution is 5.13. The van der Waals surface area contributed by atoms with Crippen molar-refractivity contribution < 1.29 is 5.11 Å². The van der Waals surface area contributed by atoms with Crippen LogP contribution in [0.1, 0.15) is 39.5 Å². The Morgan fingerprint density at radius 1 is 1.64 bits per heavy atom. The Balaban J connectivity index is 2.26. The molecule has 0 fully saturated rings. The summed E-state index contributed by atoms with van der Waals surface area (Å²) in [5.41, 5.74) is 1.28. The van der Waals surface area contributed by atoms with Crippen LogP contribution in [-0.2, 0) is 0 Å². The van der Waals surface area contributed by atoms with Crippen LogP contribution in [0.5, 0.6) is 0 Å². The first-order valence-corrected chi connectivity index (χ1v) is 4.57. The molecule has 0 spiro atoms. The van der Waals surface area contributed by atoms with Gasteiger partial charge in [-0.1, -0.05) is 19.9 Å². The molecule has 0 unspecified atom stereocenters. The maximum atomic E-state index is 9.43. The molecule has 0 aromatic carbocycles. The van der Waals surface area contributed by atoms with E-state index in [9.17, 15) is 5.11 Å². The highest BCUT2D eigenvalue weighted by Crippen LogP contribution is 2.24. The standard InChI is InChI=1S/C10H18O/c1-8(2)6-7-9-4-3-5-10(9)11/h4,8,10-11H,3,5-7H2,1-2H3/t10-/m0/s1. The fraction of sp³-hybridized carbons (Fsp3) is 0.800. The molecule has 64 valence electrons. The predicted octanol–water partition coefficient (Wildman–Crippen LogP) is 2.50. The van der Waals surface area contributed by atoms with Gasteiger partial charge in [-0.05, 0) is 37.2 Å². The molecular formula is C10H18O. The second-order valence-corrected chi connectivity index (χ2v) is 3.80. The van der Waals surface area contributed by atoms with Gasteiger partial charge in [-0.3, -0.25) is 0 Å². The summed E-state index contributed by atoms with van der Waals surface area (Å²) < 4.78 is 0. The number of hydrogen-bond acceptors (Lipinski definition) is 1. The Bertz CT molecular complexity index is 147. The molecule has 1 N–H and O–H groups in total. The van der Waals surface area contributed by atoms with Crippen LogP contribution in [-0.4, -0.2) is 11.2 Å². The summed E-state index contributed by atoms with van der Waals surface area (Å²) in [6.07, 6.45) is 6.42. The molecule has 0 radical (unpaired) electrons. The van der Waals surface area contributed by atoms with E-state index in [0.29, 0.717) is 0 Å². The minimum absolute atomic E-state index is 0.117. The molecule has 1 nitrogen and oxygen atoms in total. The summed E-state index contributed by atoms with van der Waals surface area (Å²) in [7, 11) is 0. The quantitative estimate of drug-likeness (QED) is 0.619. The van der Waals surface area contributed by atoms with Crippen LogP contribution in [0.25, 0.3) is 0 Å². The summed E-state index contributed by atoms with van der Waals surface area (Å²) in [5.74, 6) is 0.753. The second kappa shape index (κ2) is 3.91. The summed E-state index contributed by atoms with van der Waals surface area (Å²) in [5, 5.41) is 9.43. The Morgan fingerprint density at radius 2 is 2.36 bits per heavy atom. The predicted molar refractivity (Wildman–Crippen MR) is 47.4 cm³/mol. The first-order valence-electron chi connectivity index (χ1n) is 4.57. The third-order valence-corrected chi connectivity index (χ3v) is 2.29. The summed E-state index contributed by atoms with van der Waals surface area (Å²) in [6.45, 7) is 4.45. The smallest absolute Gasteiger partial charge is 0.0753 e. The molecule has 1 heteroatoms. The van der Waals surface area contributed by atoms with Gasteiger partial charge in [0.05, 0.1) is 6.10 Å². The van der Waals surface area contributed by atoms with Gasteiger partial charge in [-0.15, -0.1) is 0 Å². The van der Waals surface area contributed by atoms with E-state index in [1.807, 2.05) is 0 Å². The van der Waals surface area contributed by atoms with Gasteiger partial charge in [-0.2, -0.15) is 0 Å². The van der Waals surface area contributed by atoms with Crippen molar-refractivity contribution in [3.05, 3.63) is 11.6 Å². The third-order valence-electron chi connectivity index (χ3n) is 2.29. The molecular weight excluding hydrogens is 136 g/mol. The average molecular weight is 154 g/mol. The normalized spacial score (nSPS) is 24.4. The first-order chi connectivity index (χ1) is 5.20. The van der Waals surface area contributed by atoms with Gasteiger partial charge >= 0.3 is 0 Å². The summed E-state index contributed by atoms with van der Waals surface area (Å²) in [6, 6.07) is 0. The van der Waals surface area contributed by atoms with Gasteiger partial charge in [0.2, 0.25) is 0 Å². The van der Waals surface area contributed by atoms with Crippen LogP contribution in [0, 0.1) is 5.92 Å². The fourth-order valence-electron chi connectivity index (χ4n) is 1.47. The highest BCUT2D eigenvalue weighted by atomic mass is 16.3. The molecule has 0 heterocycles. The van der Waals surface area contributed by atoms with Gasteiger partial charge in [0.1, 0.15) is 0 Å². The molecule has 1 atom stereocenters. The first kappa shape index (κ1) is 8.79.